The van der Waals surface area contributed by atoms with Gasteiger partial charge in [-0.1, -0.05) is 35.5 Å². The molecule has 4 heteroatoms. The monoisotopic (exact) mass is 240 g/mol. The maximum absolute atomic E-state index is 9.10. The summed E-state index contributed by atoms with van der Waals surface area (Å²) in [6.45, 7) is 2.02. The Bertz CT molecular complexity index is 334. The van der Waals surface area contributed by atoms with Gasteiger partial charge in [-0.3, -0.25) is 0 Å². The SMILES string of the molecule is Cl.O/N=C(\c1ccccc1)C1CCNCC1. The van der Waals surface area contributed by atoms with Crippen molar-refractivity contribution in [2.45, 2.75) is 12.8 Å². The Kier molecular flexibility index (Phi) is 5.29. The summed E-state index contributed by atoms with van der Waals surface area (Å²) in [5.74, 6) is 0.388. The Hall–Kier alpha value is -1.06. The minimum absolute atomic E-state index is 0. The van der Waals surface area contributed by atoms with E-state index in [1.807, 2.05) is 30.3 Å². The van der Waals surface area contributed by atoms with Gasteiger partial charge < -0.3 is 10.5 Å². The Morgan fingerprint density at radius 1 is 1.19 bits per heavy atom. The third-order valence-corrected chi connectivity index (χ3v) is 2.90. The van der Waals surface area contributed by atoms with Crippen molar-refractivity contribution in [1.29, 1.82) is 0 Å². The third-order valence-electron chi connectivity index (χ3n) is 2.90. The molecular formula is C12H17ClN2O. The molecule has 0 atom stereocenters. The van der Waals surface area contributed by atoms with Crippen molar-refractivity contribution in [3.63, 3.8) is 0 Å². The second kappa shape index (κ2) is 6.51. The molecule has 1 aliphatic rings. The number of nitrogens with one attached hydrogen (secondary N) is 1. The Morgan fingerprint density at radius 2 is 1.81 bits per heavy atom. The van der Waals surface area contributed by atoms with Gasteiger partial charge in [0.15, 0.2) is 0 Å². The zero-order valence-electron chi connectivity index (χ0n) is 9.10. The van der Waals surface area contributed by atoms with Crippen LogP contribution >= 0.6 is 12.4 Å². The highest BCUT2D eigenvalue weighted by atomic mass is 35.5. The number of hydrogen-bond acceptors (Lipinski definition) is 3. The van der Waals surface area contributed by atoms with Crippen LogP contribution in [0.5, 0.6) is 0 Å². The number of nitrogens with zero attached hydrogens (tertiary/aromatic N) is 1. The highest BCUT2D eigenvalue weighted by molar-refractivity contribution is 6.01. The standard InChI is InChI=1S/C12H16N2O.ClH/c15-14-12(10-4-2-1-3-5-10)11-6-8-13-9-7-11;/h1-5,11,13,15H,6-9H2;1H/b14-12+;. The molecule has 0 amide bonds. The summed E-state index contributed by atoms with van der Waals surface area (Å²) >= 11 is 0. The Balaban J connectivity index is 0.00000128. The predicted octanol–water partition coefficient (Wildman–Crippen LogP) is 2.29. The van der Waals surface area contributed by atoms with E-state index in [1.165, 1.54) is 0 Å². The van der Waals surface area contributed by atoms with Crippen LogP contribution in [0.25, 0.3) is 0 Å². The lowest BCUT2D eigenvalue weighted by atomic mass is 9.89. The van der Waals surface area contributed by atoms with Crippen LogP contribution in [0, 0.1) is 5.92 Å². The minimum Gasteiger partial charge on any atom is -0.411 e. The van der Waals surface area contributed by atoms with Gasteiger partial charge in [0.2, 0.25) is 0 Å². The lowest BCUT2D eigenvalue weighted by Gasteiger charge is -2.23. The normalized spacial score (nSPS) is 17.9. The van der Waals surface area contributed by atoms with Crippen LogP contribution in [0.4, 0.5) is 0 Å². The van der Waals surface area contributed by atoms with E-state index in [-0.39, 0.29) is 12.4 Å². The van der Waals surface area contributed by atoms with E-state index in [4.69, 9.17) is 5.21 Å². The molecule has 1 saturated heterocycles. The highest BCUT2D eigenvalue weighted by Gasteiger charge is 2.20. The lowest BCUT2D eigenvalue weighted by molar-refractivity contribution is 0.311. The van der Waals surface area contributed by atoms with E-state index in [9.17, 15) is 0 Å². The highest BCUT2D eigenvalue weighted by Crippen LogP contribution is 2.18. The number of oxime groups is 1. The first kappa shape index (κ1) is 13.0. The Morgan fingerprint density at radius 3 is 2.38 bits per heavy atom. The molecule has 1 aromatic carbocycles. The third kappa shape index (κ3) is 2.97. The topological polar surface area (TPSA) is 44.6 Å². The van der Waals surface area contributed by atoms with E-state index in [2.05, 4.69) is 10.5 Å². The second-order valence-corrected chi connectivity index (χ2v) is 3.88. The van der Waals surface area contributed by atoms with E-state index >= 15 is 0 Å². The first-order valence-corrected chi connectivity index (χ1v) is 5.40. The quantitative estimate of drug-likeness (QED) is 0.473. The Labute approximate surface area is 102 Å². The first-order chi connectivity index (χ1) is 7.42. The molecule has 3 nitrogen and oxygen atoms in total. The van der Waals surface area contributed by atoms with Gasteiger partial charge in [-0.25, -0.2) is 0 Å². The lowest BCUT2D eigenvalue weighted by Crippen LogP contribution is -2.32. The summed E-state index contributed by atoms with van der Waals surface area (Å²) in [6.07, 6.45) is 2.10. The molecule has 0 aliphatic carbocycles. The summed E-state index contributed by atoms with van der Waals surface area (Å²) in [6, 6.07) is 9.91. The van der Waals surface area contributed by atoms with Gasteiger partial charge in [-0.2, -0.15) is 0 Å². The molecule has 0 spiro atoms. The van der Waals surface area contributed by atoms with Crippen LogP contribution in [-0.4, -0.2) is 24.0 Å². The van der Waals surface area contributed by atoms with Crippen LogP contribution in [0.1, 0.15) is 18.4 Å². The summed E-state index contributed by atoms with van der Waals surface area (Å²) in [5.41, 5.74) is 1.86. The van der Waals surface area contributed by atoms with Gasteiger partial charge in [0.1, 0.15) is 0 Å². The average Bonchev–Trinajstić information content (AvgIpc) is 2.33. The summed E-state index contributed by atoms with van der Waals surface area (Å²) in [5, 5.41) is 15.9. The van der Waals surface area contributed by atoms with Gasteiger partial charge >= 0.3 is 0 Å². The molecule has 2 N–H and O–H groups in total. The number of halogens is 1. The molecule has 2 rings (SSSR count). The number of rotatable bonds is 2. The zero-order valence-corrected chi connectivity index (χ0v) is 9.91. The molecule has 1 aliphatic heterocycles. The first-order valence-electron chi connectivity index (χ1n) is 5.40. The van der Waals surface area contributed by atoms with Crippen molar-refractivity contribution in [3.05, 3.63) is 35.9 Å². The largest absolute Gasteiger partial charge is 0.411 e. The average molecular weight is 241 g/mol. The fourth-order valence-corrected chi connectivity index (χ4v) is 2.08. The van der Waals surface area contributed by atoms with Gasteiger partial charge in [-0.05, 0) is 31.5 Å². The molecule has 1 fully saturated rings. The number of piperidine rings is 1. The summed E-state index contributed by atoms with van der Waals surface area (Å²) in [4.78, 5) is 0. The molecule has 88 valence electrons. The van der Waals surface area contributed by atoms with E-state index < -0.39 is 0 Å². The van der Waals surface area contributed by atoms with Gasteiger partial charge in [0.25, 0.3) is 0 Å². The number of benzene rings is 1. The van der Waals surface area contributed by atoms with Gasteiger partial charge in [0.05, 0.1) is 5.71 Å². The summed E-state index contributed by atoms with van der Waals surface area (Å²) < 4.78 is 0. The van der Waals surface area contributed by atoms with E-state index in [0.717, 1.165) is 37.2 Å². The molecule has 1 aromatic rings. The van der Waals surface area contributed by atoms with Crippen molar-refractivity contribution < 1.29 is 5.21 Å². The van der Waals surface area contributed by atoms with E-state index in [1.54, 1.807) is 0 Å². The molecule has 0 saturated carbocycles. The molecule has 0 bridgehead atoms. The van der Waals surface area contributed by atoms with Crippen LogP contribution in [0.3, 0.4) is 0 Å². The van der Waals surface area contributed by atoms with Crippen LogP contribution < -0.4 is 5.32 Å². The molecular weight excluding hydrogens is 224 g/mol. The van der Waals surface area contributed by atoms with Crippen molar-refractivity contribution >= 4 is 18.1 Å². The molecule has 0 unspecified atom stereocenters. The van der Waals surface area contributed by atoms with Crippen molar-refractivity contribution in [3.8, 4) is 0 Å². The second-order valence-electron chi connectivity index (χ2n) is 3.88. The maximum Gasteiger partial charge on any atom is 0.0899 e. The van der Waals surface area contributed by atoms with Crippen LogP contribution in [-0.2, 0) is 0 Å². The maximum atomic E-state index is 9.10. The molecule has 1 heterocycles. The number of hydrogen-bond donors (Lipinski definition) is 2. The van der Waals surface area contributed by atoms with Crippen LogP contribution in [0.15, 0.2) is 35.5 Å². The zero-order chi connectivity index (χ0) is 10.5. The van der Waals surface area contributed by atoms with Gasteiger partial charge in [-0.15, -0.1) is 12.4 Å². The minimum atomic E-state index is 0. The van der Waals surface area contributed by atoms with Crippen LogP contribution in [0.2, 0.25) is 0 Å². The molecule has 0 radical (unpaired) electrons. The van der Waals surface area contributed by atoms with Crippen molar-refractivity contribution in [1.82, 2.24) is 5.32 Å². The molecule has 0 aromatic heterocycles. The van der Waals surface area contributed by atoms with Crippen molar-refractivity contribution in [2.24, 2.45) is 11.1 Å². The van der Waals surface area contributed by atoms with E-state index in [0.29, 0.717) is 5.92 Å². The van der Waals surface area contributed by atoms with Gasteiger partial charge in [0, 0.05) is 5.92 Å². The smallest absolute Gasteiger partial charge is 0.0899 e. The fourth-order valence-electron chi connectivity index (χ4n) is 2.08. The summed E-state index contributed by atoms with van der Waals surface area (Å²) in [7, 11) is 0. The molecule has 16 heavy (non-hydrogen) atoms. The predicted molar refractivity (Wildman–Crippen MR) is 67.6 cm³/mol. The fraction of sp³-hybridized carbons (Fsp3) is 0.417. The van der Waals surface area contributed by atoms with Crippen molar-refractivity contribution in [2.75, 3.05) is 13.1 Å².